The second kappa shape index (κ2) is 74.3. The summed E-state index contributed by atoms with van der Waals surface area (Å²) in [6.45, 7) is 10.3. The fraction of sp³-hybridized carbons (Fsp3) is 0.400. The molecule has 0 unspecified atom stereocenters. The van der Waals surface area contributed by atoms with E-state index in [0.717, 1.165) is 27.7 Å². The third kappa shape index (κ3) is 885. The molecule has 0 spiro atoms. The molecule has 0 amide bonds. The molecular formula is C10H32N2O11. The molecule has 0 aliphatic rings. The van der Waals surface area contributed by atoms with E-state index in [1.165, 1.54) is 0 Å². The first-order valence-electron chi connectivity index (χ1n) is 4.21. The fourth-order valence-corrected chi connectivity index (χ4v) is 0. The quantitative estimate of drug-likeness (QED) is 0.287. The Labute approximate surface area is 134 Å². The zero-order chi connectivity index (χ0) is 16.3. The molecule has 0 saturated carbocycles. The molecule has 0 fully saturated rings. The minimum Gasteiger partial charge on any atom is -0.481 e. The largest absolute Gasteiger partial charge is 0.481 e. The van der Waals surface area contributed by atoms with Gasteiger partial charge in [0.1, 0.15) is 0 Å². The summed E-state index contributed by atoms with van der Waals surface area (Å²) in [6, 6.07) is 0. The van der Waals surface area contributed by atoms with Crippen LogP contribution in [0.25, 0.3) is 0 Å². The molecule has 0 aromatic carbocycles. The van der Waals surface area contributed by atoms with Gasteiger partial charge in [0.2, 0.25) is 0 Å². The second-order valence-electron chi connectivity index (χ2n) is 2.08. The number of carboxylic acids is 4. The van der Waals surface area contributed by atoms with Crippen LogP contribution in [0, 0.1) is 0 Å². The highest BCUT2D eigenvalue weighted by Crippen LogP contribution is 1.43. The predicted octanol–water partition coefficient (Wildman–Crippen LogP) is -0.984. The van der Waals surface area contributed by atoms with Crippen molar-refractivity contribution in [1.82, 2.24) is 12.3 Å². The summed E-state index contributed by atoms with van der Waals surface area (Å²) >= 11 is 0. The van der Waals surface area contributed by atoms with E-state index in [1.807, 2.05) is 0 Å². The van der Waals surface area contributed by atoms with Gasteiger partial charge in [-0.15, -0.1) is 13.2 Å². The lowest BCUT2D eigenvalue weighted by atomic mass is 10.9. The van der Waals surface area contributed by atoms with Crippen LogP contribution in [0.15, 0.2) is 13.2 Å². The van der Waals surface area contributed by atoms with Gasteiger partial charge in [-0.25, -0.2) is 0 Å². The van der Waals surface area contributed by atoms with Gasteiger partial charge in [-0.3, -0.25) is 19.2 Å². The van der Waals surface area contributed by atoms with Gasteiger partial charge in [0.25, 0.3) is 23.9 Å². The molecule has 23 heavy (non-hydrogen) atoms. The first-order chi connectivity index (χ1) is 7.93. The average molecular weight is 356 g/mol. The molecule has 148 valence electrons. The Morgan fingerprint density at radius 3 is 0.522 bits per heavy atom. The monoisotopic (exact) mass is 356 g/mol. The molecule has 0 aliphatic heterocycles. The molecule has 0 rings (SSSR count). The molecule has 16 N–H and O–H groups in total. The molecule has 13 nitrogen and oxygen atoms in total. The van der Waals surface area contributed by atoms with Crippen LogP contribution >= 0.6 is 0 Å². The van der Waals surface area contributed by atoms with Crippen molar-refractivity contribution in [3.63, 3.8) is 0 Å². The van der Waals surface area contributed by atoms with Crippen molar-refractivity contribution in [3.05, 3.63) is 13.2 Å². The third-order valence-corrected chi connectivity index (χ3v) is 0. The molecular weight excluding hydrogens is 324 g/mol. The molecule has 0 aliphatic carbocycles. The zero-order valence-corrected chi connectivity index (χ0v) is 13.8. The summed E-state index contributed by atoms with van der Waals surface area (Å²) in [5, 5.41) is 29.7. The minimum atomic E-state index is -0.833. The Bertz CT molecular complexity index is 183. The standard InChI is InChI=1S/4C2H4O2.C2H4.2H3N.3H2O/c4*1-2(3)4;1-2;;;;;/h4*1H3,(H,3,4);1-2H2;2*1H3;3*1H2. The number of carboxylic acid groups (broad SMARTS) is 4. The molecule has 0 atom stereocenters. The van der Waals surface area contributed by atoms with Gasteiger partial charge < -0.3 is 49.2 Å². The lowest BCUT2D eigenvalue weighted by Gasteiger charge is -1.59. The second-order valence-corrected chi connectivity index (χ2v) is 2.08. The van der Waals surface area contributed by atoms with Gasteiger partial charge in [0.05, 0.1) is 0 Å². The van der Waals surface area contributed by atoms with Crippen molar-refractivity contribution >= 4 is 23.9 Å². The summed E-state index contributed by atoms with van der Waals surface area (Å²) in [4.78, 5) is 36.0. The Morgan fingerprint density at radius 1 is 0.522 bits per heavy atom. The van der Waals surface area contributed by atoms with E-state index in [2.05, 4.69) is 13.2 Å². The van der Waals surface area contributed by atoms with Gasteiger partial charge in [-0.2, -0.15) is 0 Å². The van der Waals surface area contributed by atoms with Gasteiger partial charge in [-0.05, 0) is 0 Å². The fourth-order valence-electron chi connectivity index (χ4n) is 0. The summed E-state index contributed by atoms with van der Waals surface area (Å²) in [5.74, 6) is -3.33. The Hall–Kier alpha value is -2.58. The van der Waals surface area contributed by atoms with Crippen molar-refractivity contribution in [2.45, 2.75) is 27.7 Å². The maximum atomic E-state index is 9.00. The van der Waals surface area contributed by atoms with E-state index in [1.54, 1.807) is 0 Å². The van der Waals surface area contributed by atoms with Gasteiger partial charge in [-0.1, -0.05) is 0 Å². The van der Waals surface area contributed by atoms with Gasteiger partial charge in [0.15, 0.2) is 0 Å². The van der Waals surface area contributed by atoms with E-state index < -0.39 is 23.9 Å². The zero-order valence-electron chi connectivity index (χ0n) is 13.8. The Balaban J connectivity index is -0.0000000110. The van der Waals surface area contributed by atoms with Gasteiger partial charge >= 0.3 is 0 Å². The SMILES string of the molecule is C=C.CC(=O)O.CC(=O)O.CC(=O)O.CC(=O)O.N.N.O.O.O. The first kappa shape index (κ1) is 70.9. The normalized spacial score (nSPS) is 4.52. The highest BCUT2D eigenvalue weighted by Gasteiger charge is 1.66. The highest BCUT2D eigenvalue weighted by atomic mass is 16.4. The molecule has 0 heterocycles. The predicted molar refractivity (Wildman–Crippen MR) is 85.4 cm³/mol. The molecule has 13 heteroatoms. The Kier molecular flexibility index (Phi) is 229. The average Bonchev–Trinajstić information content (AvgIpc) is 2.01. The van der Waals surface area contributed by atoms with Crippen molar-refractivity contribution in [1.29, 1.82) is 0 Å². The number of hydrogen-bond donors (Lipinski definition) is 6. The van der Waals surface area contributed by atoms with Crippen LogP contribution in [0.5, 0.6) is 0 Å². The molecule has 0 aromatic rings. The van der Waals surface area contributed by atoms with E-state index in [0.29, 0.717) is 0 Å². The highest BCUT2D eigenvalue weighted by molar-refractivity contribution is 5.63. The minimum absolute atomic E-state index is 0. The van der Waals surface area contributed by atoms with E-state index in [4.69, 9.17) is 39.6 Å². The number of aliphatic carboxylic acids is 4. The van der Waals surface area contributed by atoms with Crippen molar-refractivity contribution in [2.24, 2.45) is 0 Å². The summed E-state index contributed by atoms with van der Waals surface area (Å²) in [6.07, 6.45) is 0. The maximum absolute atomic E-state index is 9.00. The van der Waals surface area contributed by atoms with Crippen LogP contribution in [-0.2, 0) is 19.2 Å². The summed E-state index contributed by atoms with van der Waals surface area (Å²) < 4.78 is 0. The molecule has 0 bridgehead atoms. The summed E-state index contributed by atoms with van der Waals surface area (Å²) in [7, 11) is 0. The molecule has 0 radical (unpaired) electrons. The van der Waals surface area contributed by atoms with E-state index in [9.17, 15) is 0 Å². The Morgan fingerprint density at radius 2 is 0.522 bits per heavy atom. The van der Waals surface area contributed by atoms with Crippen LogP contribution in [0.4, 0.5) is 0 Å². The molecule has 0 saturated heterocycles. The van der Waals surface area contributed by atoms with Crippen LogP contribution in [0.2, 0.25) is 0 Å². The van der Waals surface area contributed by atoms with E-state index >= 15 is 0 Å². The lowest BCUT2D eigenvalue weighted by molar-refractivity contribution is -0.135. The third-order valence-electron chi connectivity index (χ3n) is 0. The smallest absolute Gasteiger partial charge is 0.300 e. The van der Waals surface area contributed by atoms with Crippen LogP contribution in [0.3, 0.4) is 0 Å². The summed E-state index contributed by atoms with van der Waals surface area (Å²) in [5.41, 5.74) is 0. The maximum Gasteiger partial charge on any atom is 0.300 e. The number of carbonyl (C=O) groups is 4. The molecule has 0 aromatic heterocycles. The van der Waals surface area contributed by atoms with Crippen LogP contribution < -0.4 is 12.3 Å². The van der Waals surface area contributed by atoms with Gasteiger partial charge in [0, 0.05) is 27.7 Å². The lowest BCUT2D eigenvalue weighted by Crippen LogP contribution is -1.78. The first-order valence-corrected chi connectivity index (χ1v) is 4.21. The number of rotatable bonds is 0. The van der Waals surface area contributed by atoms with Crippen LogP contribution in [0.1, 0.15) is 27.7 Å². The van der Waals surface area contributed by atoms with Crippen molar-refractivity contribution in [3.8, 4) is 0 Å². The van der Waals surface area contributed by atoms with Crippen LogP contribution in [-0.4, -0.2) is 60.7 Å². The van der Waals surface area contributed by atoms with E-state index in [-0.39, 0.29) is 28.7 Å². The topological polar surface area (TPSA) is 314 Å². The number of hydrogen-bond acceptors (Lipinski definition) is 6. The van der Waals surface area contributed by atoms with Crippen molar-refractivity contribution < 1.29 is 56.0 Å². The van der Waals surface area contributed by atoms with Crippen molar-refractivity contribution in [2.75, 3.05) is 0 Å².